The molecule has 7 heteroatoms. The van der Waals surface area contributed by atoms with Crippen molar-refractivity contribution in [1.82, 2.24) is 19.7 Å². The number of carboxylic acid groups (broad SMARTS) is 1. The minimum atomic E-state index is -1.09. The van der Waals surface area contributed by atoms with Crippen molar-refractivity contribution >= 4 is 17.3 Å². The minimum Gasteiger partial charge on any atom is -0.476 e. The predicted molar refractivity (Wildman–Crippen MR) is 79.0 cm³/mol. The van der Waals surface area contributed by atoms with Crippen molar-refractivity contribution in [2.45, 2.75) is 39.7 Å². The molecular formula is C14H19N5O2. The van der Waals surface area contributed by atoms with Crippen molar-refractivity contribution in [2.24, 2.45) is 0 Å². The van der Waals surface area contributed by atoms with Crippen LogP contribution in [0.25, 0.3) is 0 Å². The SMILES string of the molecule is CC(C)c1ncc(Nc2cnn(C(C)C)c2)c(C(=O)O)n1. The number of aromatic nitrogens is 4. The van der Waals surface area contributed by atoms with Crippen LogP contribution in [-0.4, -0.2) is 30.8 Å². The molecule has 0 aliphatic rings. The van der Waals surface area contributed by atoms with E-state index in [1.54, 1.807) is 10.9 Å². The third-order valence-corrected chi connectivity index (χ3v) is 2.94. The first-order chi connectivity index (χ1) is 9.88. The van der Waals surface area contributed by atoms with E-state index in [1.807, 2.05) is 33.9 Å². The van der Waals surface area contributed by atoms with Crippen LogP contribution in [0.15, 0.2) is 18.6 Å². The lowest BCUT2D eigenvalue weighted by molar-refractivity contribution is 0.0691. The molecule has 0 bridgehead atoms. The fourth-order valence-electron chi connectivity index (χ4n) is 1.77. The molecule has 2 aromatic rings. The Morgan fingerprint density at radius 1 is 1.29 bits per heavy atom. The average Bonchev–Trinajstić information content (AvgIpc) is 2.87. The van der Waals surface area contributed by atoms with Crippen LogP contribution in [0, 0.1) is 0 Å². The molecule has 21 heavy (non-hydrogen) atoms. The second-order valence-corrected chi connectivity index (χ2v) is 5.38. The molecule has 0 saturated heterocycles. The van der Waals surface area contributed by atoms with E-state index in [4.69, 9.17) is 0 Å². The molecule has 0 fully saturated rings. The normalized spacial score (nSPS) is 11.1. The third kappa shape index (κ3) is 3.36. The molecule has 7 nitrogen and oxygen atoms in total. The smallest absolute Gasteiger partial charge is 0.356 e. The molecule has 0 saturated carbocycles. The summed E-state index contributed by atoms with van der Waals surface area (Å²) in [7, 11) is 0. The largest absolute Gasteiger partial charge is 0.476 e. The highest BCUT2D eigenvalue weighted by molar-refractivity contribution is 5.92. The maximum Gasteiger partial charge on any atom is 0.356 e. The Morgan fingerprint density at radius 2 is 2.00 bits per heavy atom. The molecule has 0 aromatic carbocycles. The van der Waals surface area contributed by atoms with Crippen molar-refractivity contribution in [3.63, 3.8) is 0 Å². The number of nitrogens with zero attached hydrogens (tertiary/aromatic N) is 4. The van der Waals surface area contributed by atoms with Gasteiger partial charge in [0.25, 0.3) is 0 Å². The van der Waals surface area contributed by atoms with Gasteiger partial charge in [0.15, 0.2) is 5.69 Å². The number of hydrogen-bond acceptors (Lipinski definition) is 5. The first kappa shape index (κ1) is 15.0. The van der Waals surface area contributed by atoms with Gasteiger partial charge in [-0.1, -0.05) is 13.8 Å². The van der Waals surface area contributed by atoms with E-state index in [2.05, 4.69) is 20.4 Å². The number of aromatic carboxylic acids is 1. The summed E-state index contributed by atoms with van der Waals surface area (Å²) in [4.78, 5) is 19.7. The zero-order valence-electron chi connectivity index (χ0n) is 12.5. The molecule has 0 aliphatic carbocycles. The van der Waals surface area contributed by atoms with Crippen molar-refractivity contribution < 1.29 is 9.90 Å². The van der Waals surface area contributed by atoms with Crippen LogP contribution >= 0.6 is 0 Å². The average molecular weight is 289 g/mol. The summed E-state index contributed by atoms with van der Waals surface area (Å²) in [5.41, 5.74) is 1.02. The summed E-state index contributed by atoms with van der Waals surface area (Å²) in [5, 5.41) is 16.5. The minimum absolute atomic E-state index is 0.0361. The lowest BCUT2D eigenvalue weighted by Crippen LogP contribution is -2.10. The number of carboxylic acids is 1. The summed E-state index contributed by atoms with van der Waals surface area (Å²) < 4.78 is 1.78. The number of anilines is 2. The van der Waals surface area contributed by atoms with Gasteiger partial charge in [0.2, 0.25) is 0 Å². The summed E-state index contributed by atoms with van der Waals surface area (Å²) in [5.74, 6) is -0.505. The van der Waals surface area contributed by atoms with Crippen LogP contribution in [-0.2, 0) is 0 Å². The molecule has 0 amide bonds. The zero-order chi connectivity index (χ0) is 15.6. The van der Waals surface area contributed by atoms with Gasteiger partial charge in [-0.2, -0.15) is 5.10 Å². The van der Waals surface area contributed by atoms with Gasteiger partial charge in [0.1, 0.15) is 5.82 Å². The zero-order valence-corrected chi connectivity index (χ0v) is 12.5. The van der Waals surface area contributed by atoms with E-state index in [0.29, 0.717) is 17.2 Å². The van der Waals surface area contributed by atoms with Crippen LogP contribution in [0.4, 0.5) is 11.4 Å². The Morgan fingerprint density at radius 3 is 2.52 bits per heavy atom. The summed E-state index contributed by atoms with van der Waals surface area (Å²) in [6.07, 6.45) is 4.95. The topological polar surface area (TPSA) is 92.9 Å². The molecule has 0 spiro atoms. The van der Waals surface area contributed by atoms with Crippen molar-refractivity contribution in [2.75, 3.05) is 5.32 Å². The lowest BCUT2D eigenvalue weighted by atomic mass is 10.2. The molecular weight excluding hydrogens is 270 g/mol. The van der Waals surface area contributed by atoms with Gasteiger partial charge in [0.05, 0.1) is 23.8 Å². The van der Waals surface area contributed by atoms with Crippen molar-refractivity contribution in [1.29, 1.82) is 0 Å². The van der Waals surface area contributed by atoms with Crippen LogP contribution in [0.1, 0.15) is 56.0 Å². The van der Waals surface area contributed by atoms with Crippen molar-refractivity contribution in [3.05, 3.63) is 30.1 Å². The Kier molecular flexibility index (Phi) is 4.21. The highest BCUT2D eigenvalue weighted by Crippen LogP contribution is 2.21. The van der Waals surface area contributed by atoms with E-state index < -0.39 is 5.97 Å². The number of rotatable bonds is 5. The monoisotopic (exact) mass is 289 g/mol. The Hall–Kier alpha value is -2.44. The summed E-state index contributed by atoms with van der Waals surface area (Å²) in [6.45, 7) is 7.86. The maximum atomic E-state index is 11.3. The van der Waals surface area contributed by atoms with E-state index in [1.165, 1.54) is 6.20 Å². The predicted octanol–water partition coefficient (Wildman–Crippen LogP) is 2.82. The van der Waals surface area contributed by atoms with Gasteiger partial charge in [-0.05, 0) is 13.8 Å². The van der Waals surface area contributed by atoms with Gasteiger partial charge in [0, 0.05) is 18.2 Å². The molecule has 2 aromatic heterocycles. The molecule has 2 rings (SSSR count). The highest BCUT2D eigenvalue weighted by atomic mass is 16.4. The molecule has 0 aliphatic heterocycles. The van der Waals surface area contributed by atoms with E-state index >= 15 is 0 Å². The Balaban J connectivity index is 2.32. The quantitative estimate of drug-likeness (QED) is 0.879. The van der Waals surface area contributed by atoms with Crippen LogP contribution in [0.3, 0.4) is 0 Å². The number of carbonyl (C=O) groups is 1. The van der Waals surface area contributed by atoms with Gasteiger partial charge in [-0.15, -0.1) is 0 Å². The molecule has 0 unspecified atom stereocenters. The van der Waals surface area contributed by atoms with E-state index in [-0.39, 0.29) is 17.7 Å². The maximum absolute atomic E-state index is 11.3. The van der Waals surface area contributed by atoms with Crippen LogP contribution in [0.2, 0.25) is 0 Å². The second kappa shape index (κ2) is 5.90. The number of nitrogens with one attached hydrogen (secondary N) is 1. The van der Waals surface area contributed by atoms with Crippen LogP contribution in [0.5, 0.6) is 0 Å². The first-order valence-corrected chi connectivity index (χ1v) is 6.80. The third-order valence-electron chi connectivity index (χ3n) is 2.94. The van der Waals surface area contributed by atoms with Gasteiger partial charge in [-0.25, -0.2) is 14.8 Å². The highest BCUT2D eigenvalue weighted by Gasteiger charge is 2.16. The van der Waals surface area contributed by atoms with Gasteiger partial charge < -0.3 is 10.4 Å². The summed E-state index contributed by atoms with van der Waals surface area (Å²) >= 11 is 0. The molecule has 0 radical (unpaired) electrons. The number of hydrogen-bond donors (Lipinski definition) is 2. The molecule has 2 heterocycles. The van der Waals surface area contributed by atoms with Gasteiger partial charge >= 0.3 is 5.97 Å². The fraction of sp³-hybridized carbons (Fsp3) is 0.429. The van der Waals surface area contributed by atoms with Crippen molar-refractivity contribution in [3.8, 4) is 0 Å². The van der Waals surface area contributed by atoms with E-state index in [9.17, 15) is 9.90 Å². The Labute approximate surface area is 123 Å². The molecule has 2 N–H and O–H groups in total. The van der Waals surface area contributed by atoms with Gasteiger partial charge in [-0.3, -0.25) is 4.68 Å². The molecule has 112 valence electrons. The first-order valence-electron chi connectivity index (χ1n) is 6.80. The van der Waals surface area contributed by atoms with E-state index in [0.717, 1.165) is 0 Å². The summed E-state index contributed by atoms with van der Waals surface area (Å²) in [6, 6.07) is 0.235. The molecule has 0 atom stereocenters. The standard InChI is InChI=1S/C14H19N5O2/c1-8(2)13-15-6-11(12(18-13)14(20)21)17-10-5-16-19(7-10)9(3)4/h5-9,17H,1-4H3,(H,20,21). The fourth-order valence-corrected chi connectivity index (χ4v) is 1.77. The van der Waals surface area contributed by atoms with Crippen LogP contribution < -0.4 is 5.32 Å². The second-order valence-electron chi connectivity index (χ2n) is 5.38. The Bertz CT molecular complexity index is 649. The lowest BCUT2D eigenvalue weighted by Gasteiger charge is -2.10.